The molecule has 1 aliphatic rings. The number of hydrogen-bond acceptors (Lipinski definition) is 7. The summed E-state index contributed by atoms with van der Waals surface area (Å²) < 4.78 is 0. The van der Waals surface area contributed by atoms with Gasteiger partial charge in [-0.3, -0.25) is 14.9 Å². The second kappa shape index (κ2) is 24.0. The van der Waals surface area contributed by atoms with E-state index in [9.17, 15) is 29.7 Å². The minimum Gasteiger partial charge on any atom is -0.481 e. The van der Waals surface area contributed by atoms with E-state index in [1.54, 1.807) is 0 Å². The van der Waals surface area contributed by atoms with Crippen molar-refractivity contribution in [1.82, 2.24) is 10.6 Å². The fraction of sp³-hybridized carbons (Fsp3) is 0.906. The SMILES string of the molecule is CC(=O)CCC(NC(=O)C1CCC(CNC(O)CCCCCCCCCCCCCCCCC(=O)O)CC1)C(O)O. The normalized spacial score (nSPS) is 18.8. The third-order valence-electron chi connectivity index (χ3n) is 8.47. The van der Waals surface area contributed by atoms with Gasteiger partial charge in [0.1, 0.15) is 12.0 Å². The minimum absolute atomic E-state index is 0.0470. The highest BCUT2D eigenvalue weighted by molar-refractivity contribution is 5.79. The summed E-state index contributed by atoms with van der Waals surface area (Å²) in [6.07, 6.45) is 19.2. The molecule has 0 aromatic carbocycles. The van der Waals surface area contributed by atoms with Crippen LogP contribution in [0.25, 0.3) is 0 Å². The van der Waals surface area contributed by atoms with Crippen LogP contribution in [-0.2, 0) is 14.4 Å². The van der Waals surface area contributed by atoms with E-state index in [0.29, 0.717) is 12.3 Å². The highest BCUT2D eigenvalue weighted by Crippen LogP contribution is 2.29. The molecule has 2 atom stereocenters. The third kappa shape index (κ3) is 20.9. The smallest absolute Gasteiger partial charge is 0.303 e. The number of aliphatic hydroxyl groups is 3. The molecular formula is C32H60N2O7. The van der Waals surface area contributed by atoms with Crippen LogP contribution >= 0.6 is 0 Å². The molecule has 41 heavy (non-hydrogen) atoms. The molecule has 0 radical (unpaired) electrons. The summed E-state index contributed by atoms with van der Waals surface area (Å²) in [6.45, 7) is 2.19. The predicted octanol–water partition coefficient (Wildman–Crippen LogP) is 5.19. The van der Waals surface area contributed by atoms with Gasteiger partial charge in [-0.15, -0.1) is 0 Å². The first-order chi connectivity index (χ1) is 19.7. The number of Topliss-reactive ketones (excluding diaryl/α,β-unsaturated/α-hetero) is 1. The zero-order valence-corrected chi connectivity index (χ0v) is 25.7. The summed E-state index contributed by atoms with van der Waals surface area (Å²) in [5, 5.41) is 43.9. The van der Waals surface area contributed by atoms with E-state index in [1.165, 1.54) is 64.7 Å². The number of amides is 1. The van der Waals surface area contributed by atoms with Crippen molar-refractivity contribution in [3.63, 3.8) is 0 Å². The Bertz CT molecular complexity index is 696. The zero-order chi connectivity index (χ0) is 30.3. The Morgan fingerprint density at radius 2 is 1.17 bits per heavy atom. The molecule has 1 fully saturated rings. The molecule has 0 aliphatic heterocycles. The molecule has 2 unspecified atom stereocenters. The van der Waals surface area contributed by atoms with Crippen molar-refractivity contribution in [1.29, 1.82) is 0 Å². The van der Waals surface area contributed by atoms with Crippen LogP contribution < -0.4 is 10.6 Å². The van der Waals surface area contributed by atoms with E-state index in [1.807, 2.05) is 0 Å². The van der Waals surface area contributed by atoms with Crippen LogP contribution in [0.2, 0.25) is 0 Å². The number of carbonyl (C=O) groups excluding carboxylic acids is 2. The maximum Gasteiger partial charge on any atom is 0.303 e. The Morgan fingerprint density at radius 1 is 0.683 bits per heavy atom. The number of unbranched alkanes of at least 4 members (excludes halogenated alkanes) is 13. The number of carboxylic acids is 1. The number of aliphatic carboxylic acids is 1. The molecule has 0 aromatic heterocycles. The number of aliphatic hydroxyl groups excluding tert-OH is 2. The highest BCUT2D eigenvalue weighted by Gasteiger charge is 2.29. The Labute approximate surface area is 248 Å². The molecule has 0 saturated heterocycles. The maximum atomic E-state index is 12.6. The van der Waals surface area contributed by atoms with Gasteiger partial charge in [0.15, 0.2) is 6.29 Å². The molecule has 9 heteroatoms. The van der Waals surface area contributed by atoms with Crippen molar-refractivity contribution in [3.05, 3.63) is 0 Å². The van der Waals surface area contributed by atoms with Crippen LogP contribution in [0, 0.1) is 11.8 Å². The lowest BCUT2D eigenvalue weighted by molar-refractivity contribution is -0.137. The first-order valence-corrected chi connectivity index (χ1v) is 16.5. The average Bonchev–Trinajstić information content (AvgIpc) is 2.93. The number of carbonyl (C=O) groups is 3. The fourth-order valence-corrected chi connectivity index (χ4v) is 5.72. The lowest BCUT2D eigenvalue weighted by Gasteiger charge is -2.30. The van der Waals surface area contributed by atoms with Gasteiger partial charge in [-0.25, -0.2) is 0 Å². The molecule has 1 amide bonds. The topological polar surface area (TPSA) is 156 Å². The van der Waals surface area contributed by atoms with E-state index >= 15 is 0 Å². The average molecular weight is 585 g/mol. The number of ketones is 1. The van der Waals surface area contributed by atoms with Gasteiger partial charge >= 0.3 is 5.97 Å². The monoisotopic (exact) mass is 584 g/mol. The number of hydrogen-bond donors (Lipinski definition) is 6. The predicted molar refractivity (Wildman–Crippen MR) is 161 cm³/mol. The van der Waals surface area contributed by atoms with Crippen molar-refractivity contribution < 1.29 is 34.8 Å². The van der Waals surface area contributed by atoms with Crippen LogP contribution in [0.4, 0.5) is 0 Å². The van der Waals surface area contributed by atoms with Gasteiger partial charge in [0.2, 0.25) is 5.91 Å². The lowest BCUT2D eigenvalue weighted by Crippen LogP contribution is -2.46. The minimum atomic E-state index is -1.68. The van der Waals surface area contributed by atoms with Crippen LogP contribution in [0.3, 0.4) is 0 Å². The van der Waals surface area contributed by atoms with Gasteiger partial charge in [-0.1, -0.05) is 77.0 Å². The van der Waals surface area contributed by atoms with E-state index in [4.69, 9.17) is 5.11 Å². The number of nitrogens with one attached hydrogen (secondary N) is 2. The zero-order valence-electron chi connectivity index (χ0n) is 25.7. The molecule has 1 saturated carbocycles. The first kappa shape index (κ1) is 37.5. The second-order valence-corrected chi connectivity index (χ2v) is 12.3. The quantitative estimate of drug-likeness (QED) is 0.0599. The van der Waals surface area contributed by atoms with Crippen molar-refractivity contribution >= 4 is 17.7 Å². The Morgan fingerprint density at radius 3 is 1.63 bits per heavy atom. The summed E-state index contributed by atoms with van der Waals surface area (Å²) >= 11 is 0. The van der Waals surface area contributed by atoms with Gasteiger partial charge in [0, 0.05) is 25.3 Å². The van der Waals surface area contributed by atoms with Gasteiger partial charge in [0.25, 0.3) is 0 Å². The Hall–Kier alpha value is -1.55. The van der Waals surface area contributed by atoms with Gasteiger partial charge in [0.05, 0.1) is 6.04 Å². The Kier molecular flexibility index (Phi) is 21.9. The van der Waals surface area contributed by atoms with E-state index in [0.717, 1.165) is 70.8 Å². The van der Waals surface area contributed by atoms with Crippen molar-refractivity contribution in [3.8, 4) is 0 Å². The fourth-order valence-electron chi connectivity index (χ4n) is 5.72. The molecule has 240 valence electrons. The molecule has 0 heterocycles. The highest BCUT2D eigenvalue weighted by atomic mass is 16.5. The molecule has 9 nitrogen and oxygen atoms in total. The molecule has 1 aliphatic carbocycles. The number of rotatable bonds is 26. The standard InChI is InChI=1S/C32H60N2O7/c1-25(35)18-23-28(32(40)41)34-31(39)27-21-19-26(20-22-27)24-33-29(36)16-14-12-10-8-6-4-2-3-5-7-9-11-13-15-17-30(37)38/h26-29,32-33,36,40-41H,2-24H2,1H3,(H,34,39)(H,37,38). The lowest BCUT2D eigenvalue weighted by atomic mass is 9.81. The second-order valence-electron chi connectivity index (χ2n) is 12.3. The molecule has 6 N–H and O–H groups in total. The maximum absolute atomic E-state index is 12.6. The van der Waals surface area contributed by atoms with Crippen molar-refractivity contribution in [2.24, 2.45) is 11.8 Å². The van der Waals surface area contributed by atoms with Gasteiger partial charge in [-0.2, -0.15) is 0 Å². The van der Waals surface area contributed by atoms with E-state index in [2.05, 4.69) is 10.6 Å². The molecular weight excluding hydrogens is 524 g/mol. The van der Waals surface area contributed by atoms with Crippen LogP contribution in [0.5, 0.6) is 0 Å². The summed E-state index contributed by atoms with van der Waals surface area (Å²) in [4.78, 5) is 34.2. The van der Waals surface area contributed by atoms with E-state index < -0.39 is 24.5 Å². The van der Waals surface area contributed by atoms with Crippen molar-refractivity contribution in [2.45, 2.75) is 167 Å². The van der Waals surface area contributed by atoms with Crippen molar-refractivity contribution in [2.75, 3.05) is 6.54 Å². The summed E-state index contributed by atoms with van der Waals surface area (Å²) in [6, 6.07) is -0.822. The summed E-state index contributed by atoms with van der Waals surface area (Å²) in [7, 11) is 0. The van der Waals surface area contributed by atoms with Crippen LogP contribution in [-0.4, -0.2) is 63.2 Å². The molecule has 0 bridgehead atoms. The van der Waals surface area contributed by atoms with Gasteiger partial charge < -0.3 is 30.5 Å². The summed E-state index contributed by atoms with van der Waals surface area (Å²) in [5.74, 6) is -0.628. The molecule has 0 aromatic rings. The molecule has 0 spiro atoms. The largest absolute Gasteiger partial charge is 0.481 e. The first-order valence-electron chi connectivity index (χ1n) is 16.5. The number of carboxylic acid groups (broad SMARTS) is 1. The molecule has 1 rings (SSSR count). The van der Waals surface area contributed by atoms with Gasteiger partial charge in [-0.05, 0) is 64.2 Å². The van der Waals surface area contributed by atoms with Crippen LogP contribution in [0.15, 0.2) is 0 Å². The Balaban J connectivity index is 1.95. The summed E-state index contributed by atoms with van der Waals surface area (Å²) in [5.41, 5.74) is 0. The van der Waals surface area contributed by atoms with Crippen LogP contribution in [0.1, 0.15) is 148 Å². The van der Waals surface area contributed by atoms with E-state index in [-0.39, 0.29) is 30.4 Å². The third-order valence-corrected chi connectivity index (χ3v) is 8.47.